The molecule has 0 atom stereocenters. The normalized spacial score (nSPS) is 13.4. The van der Waals surface area contributed by atoms with Crippen LogP contribution in [0.2, 0.25) is 0 Å². The van der Waals surface area contributed by atoms with Crippen LogP contribution in [0.3, 0.4) is 0 Å². The molecule has 0 amide bonds. The van der Waals surface area contributed by atoms with E-state index in [4.69, 9.17) is 43.2 Å². The smallest absolute Gasteiger partial charge is 0.160 e. The van der Waals surface area contributed by atoms with E-state index in [1.807, 2.05) is 103 Å². The number of fused-ring (bicyclic) bond motifs is 18. The quantitative estimate of drug-likeness (QED) is 0.139. The van der Waals surface area contributed by atoms with Gasteiger partial charge < -0.3 is 13.3 Å². The third kappa shape index (κ3) is 11.7. The SMILES string of the molecule is CC1(C)c2cc(-c3cccc4c3oc3ccccc34)ccc2-c2nc(-c3ccccc3)nc(-c3ccccc3)c21.CC1(C)c2ccc(-c3cccc4c3oc3ccccc34)cc2-c2nc(-c3ccccc3)nc(-c3ccccc3)c21.CC1(C)c2ccccc2-c2nc(-c3ccccc3)nc(-c3cccc(-c4ccc5oc6ccccc6c5c4)c3)c21. The average Bonchev–Trinajstić information content (AvgIpc) is 1.56. The van der Waals surface area contributed by atoms with Crippen LogP contribution in [0.25, 0.3) is 201 Å². The minimum Gasteiger partial charge on any atom is -0.456 e. The average molecular weight is 1540 g/mol. The molecular formula is C111H78N6O3. The van der Waals surface area contributed by atoms with E-state index in [1.165, 1.54) is 38.9 Å². The number of nitrogens with zero attached hydrogens (tertiary/aromatic N) is 6. The topological polar surface area (TPSA) is 117 Å². The Hall–Kier alpha value is -15.1. The Labute approximate surface area is 694 Å². The summed E-state index contributed by atoms with van der Waals surface area (Å²) in [7, 11) is 0. The number of furan rings is 3. The maximum absolute atomic E-state index is 6.40. The monoisotopic (exact) mass is 1540 g/mol. The molecule has 6 aromatic heterocycles. The highest BCUT2D eigenvalue weighted by atomic mass is 16.3. The zero-order valence-electron chi connectivity index (χ0n) is 67.0. The Balaban J connectivity index is 0.000000108. The van der Waals surface area contributed by atoms with Gasteiger partial charge in [0.25, 0.3) is 0 Å². The van der Waals surface area contributed by atoms with Gasteiger partial charge in [0.15, 0.2) is 17.5 Å². The van der Waals surface area contributed by atoms with E-state index in [1.54, 1.807) is 0 Å². The van der Waals surface area contributed by atoms with Gasteiger partial charge in [-0.25, -0.2) is 29.9 Å². The van der Waals surface area contributed by atoms with Crippen molar-refractivity contribution < 1.29 is 13.3 Å². The van der Waals surface area contributed by atoms with Crippen molar-refractivity contribution in [2.24, 2.45) is 0 Å². The van der Waals surface area contributed by atoms with Gasteiger partial charge in [0.1, 0.15) is 33.5 Å². The molecule has 24 rings (SSSR count). The summed E-state index contributed by atoms with van der Waals surface area (Å²) in [5.74, 6) is 2.24. The van der Waals surface area contributed by atoms with Gasteiger partial charge in [0.05, 0.1) is 34.2 Å². The third-order valence-electron chi connectivity index (χ3n) is 24.8. The largest absolute Gasteiger partial charge is 0.456 e. The van der Waals surface area contributed by atoms with Gasteiger partial charge in [0.2, 0.25) is 0 Å². The van der Waals surface area contributed by atoms with Gasteiger partial charge in [-0.2, -0.15) is 0 Å². The first-order chi connectivity index (χ1) is 58.8. The summed E-state index contributed by atoms with van der Waals surface area (Å²) in [4.78, 5) is 31.2. The lowest BCUT2D eigenvalue weighted by atomic mass is 9.80. The summed E-state index contributed by atoms with van der Waals surface area (Å²) >= 11 is 0. The van der Waals surface area contributed by atoms with E-state index in [-0.39, 0.29) is 16.2 Å². The molecule has 9 heteroatoms. The molecule has 15 aromatic carbocycles. The summed E-state index contributed by atoms with van der Waals surface area (Å²) in [6.07, 6.45) is 0. The van der Waals surface area contributed by atoms with Crippen molar-refractivity contribution >= 4 is 65.8 Å². The van der Waals surface area contributed by atoms with E-state index in [0.29, 0.717) is 0 Å². The van der Waals surface area contributed by atoms with Gasteiger partial charge in [-0.05, 0) is 87.5 Å². The molecule has 0 bridgehead atoms. The highest BCUT2D eigenvalue weighted by Gasteiger charge is 2.44. The van der Waals surface area contributed by atoms with E-state index in [9.17, 15) is 0 Å². The van der Waals surface area contributed by atoms with E-state index in [2.05, 4.69) is 302 Å². The molecule has 0 fully saturated rings. The van der Waals surface area contributed by atoms with Crippen LogP contribution in [0.4, 0.5) is 0 Å². The number of rotatable bonds is 9. The second-order valence-electron chi connectivity index (χ2n) is 33.1. The molecule has 0 saturated heterocycles. The Bertz CT molecular complexity index is 7670. The van der Waals surface area contributed by atoms with Crippen LogP contribution in [0.5, 0.6) is 0 Å². The minimum atomic E-state index is -0.289. The predicted molar refractivity (Wildman–Crippen MR) is 490 cm³/mol. The molecule has 6 heterocycles. The van der Waals surface area contributed by atoms with Crippen LogP contribution < -0.4 is 0 Å². The molecule has 9 nitrogen and oxygen atoms in total. The molecule has 0 aliphatic heterocycles. The van der Waals surface area contributed by atoms with Crippen LogP contribution in [0.15, 0.2) is 377 Å². The highest BCUT2D eigenvalue weighted by molar-refractivity contribution is 6.12. The Kier molecular flexibility index (Phi) is 16.7. The van der Waals surface area contributed by atoms with Crippen molar-refractivity contribution in [1.29, 1.82) is 0 Å². The van der Waals surface area contributed by atoms with Gasteiger partial charge in [-0.1, -0.05) is 357 Å². The fourth-order valence-corrected chi connectivity index (χ4v) is 18.9. The Morgan fingerprint density at radius 2 is 0.508 bits per heavy atom. The van der Waals surface area contributed by atoms with Crippen LogP contribution >= 0.6 is 0 Å². The molecule has 3 aliphatic carbocycles. The third-order valence-corrected chi connectivity index (χ3v) is 24.8. The van der Waals surface area contributed by atoms with Crippen LogP contribution in [0, 0.1) is 0 Å². The molecule has 570 valence electrons. The molecule has 0 saturated carbocycles. The Morgan fingerprint density at radius 1 is 0.183 bits per heavy atom. The Morgan fingerprint density at radius 3 is 1.02 bits per heavy atom. The standard InChI is InChI=1S/3C37H26N2O/c1-37(2)30-21-20-25(26-17-11-18-28-27-16-9-10-19-31(27)40-35(26)28)22-29(30)34-32(37)33(23-12-5-3-6-13-23)38-36(39-34)24-14-7-4-8-15-24;1-37(2)30-22-25(26-17-11-18-28-27-16-9-10-19-31(27)40-35(26)28)20-21-29(30)34-32(37)33(23-12-5-3-6-13-23)38-36(39-34)24-14-7-4-8-15-24;1-37(2)30-17-8-6-16-28(30)35-33(37)34(38-36(39-35)23-11-4-3-5-12-23)26-14-10-13-24(21-26)25-19-20-32-29(22-25)27-15-7-9-18-31(27)40-32/h3*3-22H,1-2H3. The van der Waals surface area contributed by atoms with E-state index < -0.39 is 0 Å². The lowest BCUT2D eigenvalue weighted by Crippen LogP contribution is -2.17. The fraction of sp³-hybridized carbons (Fsp3) is 0.0811. The van der Waals surface area contributed by atoms with Crippen molar-refractivity contribution in [3.63, 3.8) is 0 Å². The molecule has 0 unspecified atom stereocenters. The van der Waals surface area contributed by atoms with Crippen LogP contribution in [0.1, 0.15) is 74.9 Å². The van der Waals surface area contributed by atoms with Gasteiger partial charge >= 0.3 is 0 Å². The van der Waals surface area contributed by atoms with E-state index in [0.717, 1.165) is 195 Å². The molecule has 120 heavy (non-hydrogen) atoms. The lowest BCUT2D eigenvalue weighted by Gasteiger charge is -2.24. The second-order valence-corrected chi connectivity index (χ2v) is 33.1. The first-order valence-corrected chi connectivity index (χ1v) is 41.0. The van der Waals surface area contributed by atoms with Crippen molar-refractivity contribution in [3.05, 3.63) is 397 Å². The first-order valence-electron chi connectivity index (χ1n) is 41.0. The lowest BCUT2D eigenvalue weighted by molar-refractivity contribution is 0.657. The highest BCUT2D eigenvalue weighted by Crippen LogP contribution is 2.57. The zero-order chi connectivity index (χ0) is 80.5. The predicted octanol–water partition coefficient (Wildman–Crippen LogP) is 29.0. The number of para-hydroxylation sites is 5. The zero-order valence-corrected chi connectivity index (χ0v) is 67.0. The number of aromatic nitrogens is 6. The van der Waals surface area contributed by atoms with Crippen LogP contribution in [-0.2, 0) is 16.2 Å². The first kappa shape index (κ1) is 71.5. The maximum atomic E-state index is 6.40. The second kappa shape index (κ2) is 28.1. The van der Waals surface area contributed by atoms with Crippen molar-refractivity contribution in [2.75, 3.05) is 0 Å². The fourth-order valence-electron chi connectivity index (χ4n) is 18.9. The van der Waals surface area contributed by atoms with E-state index >= 15 is 0 Å². The molecule has 0 spiro atoms. The van der Waals surface area contributed by atoms with Gasteiger partial charge in [0, 0.05) is 126 Å². The summed E-state index contributed by atoms with van der Waals surface area (Å²) in [6.45, 7) is 13.7. The molecule has 21 aromatic rings. The van der Waals surface area contributed by atoms with Gasteiger partial charge in [-0.3, -0.25) is 0 Å². The molecule has 0 N–H and O–H groups in total. The summed E-state index contributed by atoms with van der Waals surface area (Å²) < 4.78 is 18.9. The van der Waals surface area contributed by atoms with Crippen molar-refractivity contribution in [2.45, 2.75) is 57.8 Å². The summed E-state index contributed by atoms with van der Waals surface area (Å²) in [5, 5.41) is 6.82. The molecule has 0 radical (unpaired) electrons. The number of hydrogen-bond donors (Lipinski definition) is 0. The van der Waals surface area contributed by atoms with Crippen molar-refractivity contribution in [1.82, 2.24) is 29.9 Å². The molecular weight excluding hydrogens is 1470 g/mol. The van der Waals surface area contributed by atoms with Crippen molar-refractivity contribution in [3.8, 4) is 135 Å². The van der Waals surface area contributed by atoms with Gasteiger partial charge in [-0.15, -0.1) is 0 Å². The summed E-state index contributed by atoms with van der Waals surface area (Å²) in [5.41, 5.74) is 34.7. The number of benzene rings is 15. The van der Waals surface area contributed by atoms with Crippen LogP contribution in [-0.4, -0.2) is 29.9 Å². The minimum absolute atomic E-state index is 0.221. The summed E-state index contributed by atoms with van der Waals surface area (Å²) in [6, 6.07) is 127. The number of hydrogen-bond acceptors (Lipinski definition) is 9. The molecule has 3 aliphatic rings. The maximum Gasteiger partial charge on any atom is 0.160 e.